The van der Waals surface area contributed by atoms with Gasteiger partial charge in [-0.15, -0.1) is 6.58 Å². The van der Waals surface area contributed by atoms with Crippen molar-refractivity contribution in [2.45, 2.75) is 51.4 Å². The van der Waals surface area contributed by atoms with Crippen LogP contribution in [0.1, 0.15) is 50.5 Å². The van der Waals surface area contributed by atoms with Gasteiger partial charge in [-0.1, -0.05) is 31.8 Å². The molecule has 3 N–H and O–H groups in total. The van der Waals surface area contributed by atoms with E-state index in [2.05, 4.69) is 6.58 Å². The maximum atomic E-state index is 9.39. The molecule has 19 heavy (non-hydrogen) atoms. The van der Waals surface area contributed by atoms with Gasteiger partial charge in [0.1, 0.15) is 0 Å². The first-order valence-electron chi connectivity index (χ1n) is 7.00. The molecule has 1 aromatic carbocycles. The summed E-state index contributed by atoms with van der Waals surface area (Å²) in [6, 6.07) is 3.03. The standard InChI is InChI=1S/C16H24O3/c1-2-3-4-5-6-7-8-9-10-13-11-14(17)16(19)15(18)12-13/h2,11-12,17-19H,1,3-10H2. The van der Waals surface area contributed by atoms with Crippen LogP contribution in [0.15, 0.2) is 24.8 Å². The molecule has 0 unspecified atom stereocenters. The summed E-state index contributed by atoms with van der Waals surface area (Å²) in [6.45, 7) is 3.70. The molecule has 0 fully saturated rings. The summed E-state index contributed by atoms with van der Waals surface area (Å²) in [5.74, 6) is -0.940. The van der Waals surface area contributed by atoms with Crippen molar-refractivity contribution in [3.8, 4) is 17.2 Å². The Labute approximate surface area is 115 Å². The van der Waals surface area contributed by atoms with Gasteiger partial charge in [-0.05, 0) is 43.4 Å². The highest BCUT2D eigenvalue weighted by Gasteiger charge is 2.07. The summed E-state index contributed by atoms with van der Waals surface area (Å²) in [5.41, 5.74) is 0.861. The molecule has 1 aromatic rings. The average Bonchev–Trinajstić information content (AvgIpc) is 2.39. The van der Waals surface area contributed by atoms with E-state index in [1.54, 1.807) is 0 Å². The zero-order valence-corrected chi connectivity index (χ0v) is 11.4. The molecule has 0 heterocycles. The van der Waals surface area contributed by atoms with Gasteiger partial charge in [-0.2, -0.15) is 0 Å². The first-order chi connectivity index (χ1) is 9.15. The number of hydrogen-bond acceptors (Lipinski definition) is 3. The number of hydrogen-bond donors (Lipinski definition) is 3. The lowest BCUT2D eigenvalue weighted by molar-refractivity contribution is 0.367. The topological polar surface area (TPSA) is 60.7 Å². The molecule has 1 rings (SSSR count). The highest BCUT2D eigenvalue weighted by Crippen LogP contribution is 2.35. The van der Waals surface area contributed by atoms with Gasteiger partial charge >= 0.3 is 0 Å². The Morgan fingerprint density at radius 2 is 1.37 bits per heavy atom. The summed E-state index contributed by atoms with van der Waals surface area (Å²) in [4.78, 5) is 0. The van der Waals surface area contributed by atoms with Gasteiger partial charge in [0.25, 0.3) is 0 Å². The molecular formula is C16H24O3. The molecule has 0 saturated carbocycles. The van der Waals surface area contributed by atoms with Crippen LogP contribution in [0.4, 0.5) is 0 Å². The molecular weight excluding hydrogens is 240 g/mol. The van der Waals surface area contributed by atoms with Crippen molar-refractivity contribution in [1.29, 1.82) is 0 Å². The highest BCUT2D eigenvalue weighted by atomic mass is 16.3. The van der Waals surface area contributed by atoms with Crippen molar-refractivity contribution < 1.29 is 15.3 Å². The quantitative estimate of drug-likeness (QED) is 0.355. The number of unbranched alkanes of at least 4 members (excludes halogenated alkanes) is 6. The van der Waals surface area contributed by atoms with Gasteiger partial charge in [-0.3, -0.25) is 0 Å². The number of aromatic hydroxyl groups is 3. The van der Waals surface area contributed by atoms with Crippen LogP contribution in [-0.2, 0) is 6.42 Å². The Hall–Kier alpha value is -1.64. The summed E-state index contributed by atoms with van der Waals surface area (Å²) in [7, 11) is 0. The van der Waals surface area contributed by atoms with Crippen LogP contribution in [-0.4, -0.2) is 15.3 Å². The Balaban J connectivity index is 2.17. The van der Waals surface area contributed by atoms with Crippen LogP contribution in [0, 0.1) is 0 Å². The van der Waals surface area contributed by atoms with Crippen molar-refractivity contribution >= 4 is 0 Å². The smallest absolute Gasteiger partial charge is 0.200 e. The molecule has 0 amide bonds. The van der Waals surface area contributed by atoms with Crippen LogP contribution in [0.25, 0.3) is 0 Å². The SMILES string of the molecule is C=CCCCCCCCCc1cc(O)c(O)c(O)c1. The molecule has 0 spiro atoms. The number of phenolic OH excluding ortho intramolecular Hbond substituents is 3. The minimum atomic E-state index is -0.439. The molecule has 0 aliphatic heterocycles. The normalized spacial score (nSPS) is 10.5. The van der Waals surface area contributed by atoms with Gasteiger partial charge in [0.2, 0.25) is 0 Å². The molecule has 0 saturated heterocycles. The van der Waals surface area contributed by atoms with E-state index in [4.69, 9.17) is 0 Å². The lowest BCUT2D eigenvalue weighted by atomic mass is 10.0. The summed E-state index contributed by atoms with van der Waals surface area (Å²) in [5, 5.41) is 28.0. The third-order valence-corrected chi connectivity index (χ3v) is 3.25. The third kappa shape index (κ3) is 5.69. The molecule has 106 valence electrons. The summed E-state index contributed by atoms with van der Waals surface area (Å²) >= 11 is 0. The second-order valence-electron chi connectivity index (χ2n) is 4.93. The number of aryl methyl sites for hydroxylation is 1. The van der Waals surface area contributed by atoms with Gasteiger partial charge < -0.3 is 15.3 Å². The fourth-order valence-electron chi connectivity index (χ4n) is 2.13. The van der Waals surface area contributed by atoms with E-state index < -0.39 is 5.75 Å². The third-order valence-electron chi connectivity index (χ3n) is 3.25. The van der Waals surface area contributed by atoms with E-state index in [0.717, 1.165) is 31.2 Å². The number of rotatable bonds is 9. The van der Waals surface area contributed by atoms with Gasteiger partial charge in [-0.25, -0.2) is 0 Å². The lowest BCUT2D eigenvalue weighted by Crippen LogP contribution is -1.87. The molecule has 0 aliphatic carbocycles. The Morgan fingerprint density at radius 3 is 1.95 bits per heavy atom. The van der Waals surface area contributed by atoms with Crippen molar-refractivity contribution in [2.24, 2.45) is 0 Å². The fourth-order valence-corrected chi connectivity index (χ4v) is 2.13. The van der Waals surface area contributed by atoms with E-state index >= 15 is 0 Å². The Morgan fingerprint density at radius 1 is 0.842 bits per heavy atom. The second kappa shape index (κ2) is 8.46. The van der Waals surface area contributed by atoms with Crippen LogP contribution in [0.3, 0.4) is 0 Å². The molecule has 3 nitrogen and oxygen atoms in total. The first kappa shape index (κ1) is 15.4. The Kier molecular flexibility index (Phi) is 6.86. The highest BCUT2D eigenvalue weighted by molar-refractivity contribution is 5.51. The summed E-state index contributed by atoms with van der Waals surface area (Å²) in [6.07, 6.45) is 11.0. The van der Waals surface area contributed by atoms with Crippen LogP contribution >= 0.6 is 0 Å². The minimum absolute atomic E-state index is 0.251. The number of benzene rings is 1. The number of allylic oxidation sites excluding steroid dienone is 1. The van der Waals surface area contributed by atoms with Crippen molar-refractivity contribution in [3.05, 3.63) is 30.4 Å². The van der Waals surface area contributed by atoms with Crippen molar-refractivity contribution in [3.63, 3.8) is 0 Å². The van der Waals surface area contributed by atoms with E-state index in [1.807, 2.05) is 6.08 Å². The molecule has 3 heteroatoms. The number of phenols is 3. The zero-order valence-electron chi connectivity index (χ0n) is 11.4. The predicted molar refractivity (Wildman–Crippen MR) is 77.7 cm³/mol. The second-order valence-corrected chi connectivity index (χ2v) is 4.93. The van der Waals surface area contributed by atoms with E-state index in [1.165, 1.54) is 37.8 Å². The zero-order chi connectivity index (χ0) is 14.1. The minimum Gasteiger partial charge on any atom is -0.504 e. The molecule has 0 bridgehead atoms. The predicted octanol–water partition coefficient (Wildman–Crippen LogP) is 4.26. The maximum absolute atomic E-state index is 9.39. The average molecular weight is 264 g/mol. The van der Waals surface area contributed by atoms with E-state index in [0.29, 0.717) is 0 Å². The van der Waals surface area contributed by atoms with E-state index in [9.17, 15) is 15.3 Å². The molecule has 0 atom stereocenters. The Bertz CT molecular complexity index is 376. The van der Waals surface area contributed by atoms with Crippen molar-refractivity contribution in [2.75, 3.05) is 0 Å². The largest absolute Gasteiger partial charge is 0.504 e. The summed E-state index contributed by atoms with van der Waals surface area (Å²) < 4.78 is 0. The van der Waals surface area contributed by atoms with Crippen LogP contribution in [0.5, 0.6) is 17.2 Å². The lowest BCUT2D eigenvalue weighted by Gasteiger charge is -2.06. The van der Waals surface area contributed by atoms with Gasteiger partial charge in [0, 0.05) is 0 Å². The van der Waals surface area contributed by atoms with Crippen molar-refractivity contribution in [1.82, 2.24) is 0 Å². The van der Waals surface area contributed by atoms with Gasteiger partial charge in [0.05, 0.1) is 0 Å². The fraction of sp³-hybridized carbons (Fsp3) is 0.500. The van der Waals surface area contributed by atoms with Crippen LogP contribution in [0.2, 0.25) is 0 Å². The molecule has 0 aliphatic rings. The maximum Gasteiger partial charge on any atom is 0.200 e. The molecule has 0 aromatic heterocycles. The van der Waals surface area contributed by atoms with E-state index in [-0.39, 0.29) is 11.5 Å². The van der Waals surface area contributed by atoms with Gasteiger partial charge in [0.15, 0.2) is 17.2 Å². The first-order valence-corrected chi connectivity index (χ1v) is 7.00. The van der Waals surface area contributed by atoms with Crippen LogP contribution < -0.4 is 0 Å². The molecule has 0 radical (unpaired) electrons. The monoisotopic (exact) mass is 264 g/mol.